The van der Waals surface area contributed by atoms with Crippen LogP contribution in [0.1, 0.15) is 40.5 Å². The van der Waals surface area contributed by atoms with Crippen molar-refractivity contribution in [3.63, 3.8) is 0 Å². The smallest absolute Gasteiger partial charge is 0.0593 e. The Hall–Kier alpha value is -0.120. The minimum atomic E-state index is 0.232. The van der Waals surface area contributed by atoms with Crippen LogP contribution in [0.5, 0.6) is 0 Å². The molecule has 1 N–H and O–H groups in total. The second kappa shape index (κ2) is 6.58. The van der Waals surface area contributed by atoms with Crippen LogP contribution in [0.15, 0.2) is 0 Å². The van der Waals surface area contributed by atoms with Gasteiger partial charge in [0, 0.05) is 31.3 Å². The van der Waals surface area contributed by atoms with Crippen LogP contribution in [0.4, 0.5) is 0 Å². The van der Waals surface area contributed by atoms with Gasteiger partial charge in [-0.1, -0.05) is 6.92 Å². The molecule has 1 unspecified atom stereocenters. The number of nitrogens with zero attached hydrogens (tertiary/aromatic N) is 1. The number of hydrogen-bond acceptors (Lipinski definition) is 3. The Morgan fingerprint density at radius 3 is 2.81 bits per heavy atom. The standard InChI is InChI=1S/C13H28N2O/c1-5-9-16-10-8-15-11-13(3,4)14-7-6-12(15)2/h12,14H,5-11H2,1-4H3. The fourth-order valence-electron chi connectivity index (χ4n) is 2.25. The molecular formula is C13H28N2O. The van der Waals surface area contributed by atoms with E-state index in [1.807, 2.05) is 0 Å². The van der Waals surface area contributed by atoms with Gasteiger partial charge in [-0.05, 0) is 40.2 Å². The van der Waals surface area contributed by atoms with Crippen LogP contribution in [0.2, 0.25) is 0 Å². The van der Waals surface area contributed by atoms with E-state index in [2.05, 4.69) is 37.9 Å². The number of nitrogens with one attached hydrogen (secondary N) is 1. The van der Waals surface area contributed by atoms with E-state index in [-0.39, 0.29) is 5.54 Å². The normalized spacial score (nSPS) is 26.6. The summed E-state index contributed by atoms with van der Waals surface area (Å²) in [4.78, 5) is 2.55. The first-order valence-electron chi connectivity index (χ1n) is 6.62. The minimum Gasteiger partial charge on any atom is -0.380 e. The summed E-state index contributed by atoms with van der Waals surface area (Å²) in [5.74, 6) is 0. The van der Waals surface area contributed by atoms with Crippen LogP contribution in [0.25, 0.3) is 0 Å². The summed E-state index contributed by atoms with van der Waals surface area (Å²) in [5.41, 5.74) is 0.232. The van der Waals surface area contributed by atoms with Gasteiger partial charge in [0.25, 0.3) is 0 Å². The molecule has 1 aliphatic rings. The maximum absolute atomic E-state index is 5.58. The number of rotatable bonds is 5. The van der Waals surface area contributed by atoms with Gasteiger partial charge in [-0.3, -0.25) is 4.90 Å². The molecule has 16 heavy (non-hydrogen) atoms. The molecule has 1 saturated heterocycles. The molecule has 0 bridgehead atoms. The molecule has 3 nitrogen and oxygen atoms in total. The first-order valence-corrected chi connectivity index (χ1v) is 6.62. The number of ether oxygens (including phenoxy) is 1. The van der Waals surface area contributed by atoms with E-state index < -0.39 is 0 Å². The summed E-state index contributed by atoms with van der Waals surface area (Å²) < 4.78 is 5.58. The lowest BCUT2D eigenvalue weighted by molar-refractivity contribution is 0.0838. The number of hydrogen-bond donors (Lipinski definition) is 1. The third-order valence-electron chi connectivity index (χ3n) is 3.26. The van der Waals surface area contributed by atoms with Crippen molar-refractivity contribution in [2.45, 2.75) is 52.1 Å². The van der Waals surface area contributed by atoms with Gasteiger partial charge >= 0.3 is 0 Å². The maximum Gasteiger partial charge on any atom is 0.0593 e. The van der Waals surface area contributed by atoms with Crippen LogP contribution in [-0.2, 0) is 4.74 Å². The van der Waals surface area contributed by atoms with Crippen molar-refractivity contribution in [1.82, 2.24) is 10.2 Å². The highest BCUT2D eigenvalue weighted by Crippen LogP contribution is 2.15. The van der Waals surface area contributed by atoms with Gasteiger partial charge in [0.05, 0.1) is 6.61 Å². The first-order chi connectivity index (χ1) is 7.55. The fourth-order valence-corrected chi connectivity index (χ4v) is 2.25. The lowest BCUT2D eigenvalue weighted by Crippen LogP contribution is -2.48. The molecule has 1 fully saturated rings. The zero-order chi connectivity index (χ0) is 12.0. The second-order valence-electron chi connectivity index (χ2n) is 5.53. The van der Waals surface area contributed by atoms with Crippen LogP contribution in [0, 0.1) is 0 Å². The van der Waals surface area contributed by atoms with Gasteiger partial charge < -0.3 is 10.1 Å². The molecule has 96 valence electrons. The maximum atomic E-state index is 5.58. The van der Waals surface area contributed by atoms with Crippen LogP contribution in [0.3, 0.4) is 0 Å². The molecule has 0 aliphatic carbocycles. The molecule has 1 aliphatic heterocycles. The molecule has 0 aromatic rings. The average Bonchev–Trinajstić information content (AvgIpc) is 2.33. The summed E-state index contributed by atoms with van der Waals surface area (Å²) in [6, 6.07) is 0.666. The SMILES string of the molecule is CCCOCCN1CC(C)(C)NCCC1C. The summed E-state index contributed by atoms with van der Waals surface area (Å²) in [5, 5.41) is 3.60. The Kier molecular flexibility index (Phi) is 5.73. The summed E-state index contributed by atoms with van der Waals surface area (Å²) in [7, 11) is 0. The van der Waals surface area contributed by atoms with Crippen molar-refractivity contribution in [2.75, 3.05) is 32.8 Å². The quantitative estimate of drug-likeness (QED) is 0.727. The Morgan fingerprint density at radius 2 is 2.12 bits per heavy atom. The van der Waals surface area contributed by atoms with Gasteiger partial charge in [0.2, 0.25) is 0 Å². The van der Waals surface area contributed by atoms with E-state index in [0.29, 0.717) is 6.04 Å². The van der Waals surface area contributed by atoms with Crippen molar-refractivity contribution in [2.24, 2.45) is 0 Å². The van der Waals surface area contributed by atoms with Gasteiger partial charge in [-0.25, -0.2) is 0 Å². The highest BCUT2D eigenvalue weighted by molar-refractivity contribution is 4.87. The minimum absolute atomic E-state index is 0.232. The molecule has 1 rings (SSSR count). The molecule has 0 amide bonds. The molecular weight excluding hydrogens is 200 g/mol. The predicted molar refractivity (Wildman–Crippen MR) is 68.8 cm³/mol. The molecule has 0 aromatic carbocycles. The highest BCUT2D eigenvalue weighted by Gasteiger charge is 2.27. The average molecular weight is 228 g/mol. The van der Waals surface area contributed by atoms with Crippen LogP contribution < -0.4 is 5.32 Å². The Balaban J connectivity index is 2.35. The van der Waals surface area contributed by atoms with Crippen molar-refractivity contribution in [3.05, 3.63) is 0 Å². The first kappa shape index (κ1) is 13.9. The highest BCUT2D eigenvalue weighted by atomic mass is 16.5. The Morgan fingerprint density at radius 1 is 1.38 bits per heavy atom. The van der Waals surface area contributed by atoms with Crippen molar-refractivity contribution >= 4 is 0 Å². The Labute approximate surface area is 101 Å². The summed E-state index contributed by atoms with van der Waals surface area (Å²) >= 11 is 0. The van der Waals surface area contributed by atoms with Gasteiger partial charge in [0.15, 0.2) is 0 Å². The lowest BCUT2D eigenvalue weighted by Gasteiger charge is -2.32. The summed E-state index contributed by atoms with van der Waals surface area (Å²) in [6.07, 6.45) is 2.35. The lowest BCUT2D eigenvalue weighted by atomic mass is 10.1. The third-order valence-corrected chi connectivity index (χ3v) is 3.26. The Bertz CT molecular complexity index is 194. The molecule has 0 aromatic heterocycles. The van der Waals surface area contributed by atoms with Crippen molar-refractivity contribution in [3.8, 4) is 0 Å². The van der Waals surface area contributed by atoms with E-state index in [1.165, 1.54) is 6.42 Å². The summed E-state index contributed by atoms with van der Waals surface area (Å²) in [6.45, 7) is 14.1. The molecule has 0 radical (unpaired) electrons. The zero-order valence-electron chi connectivity index (χ0n) is 11.4. The largest absolute Gasteiger partial charge is 0.380 e. The van der Waals surface area contributed by atoms with Crippen LogP contribution >= 0.6 is 0 Å². The van der Waals surface area contributed by atoms with Crippen molar-refractivity contribution in [1.29, 1.82) is 0 Å². The molecule has 1 atom stereocenters. The van der Waals surface area contributed by atoms with Gasteiger partial charge in [-0.2, -0.15) is 0 Å². The van der Waals surface area contributed by atoms with E-state index in [4.69, 9.17) is 4.74 Å². The van der Waals surface area contributed by atoms with Gasteiger partial charge in [-0.15, -0.1) is 0 Å². The monoisotopic (exact) mass is 228 g/mol. The van der Waals surface area contributed by atoms with Crippen LogP contribution in [-0.4, -0.2) is 49.3 Å². The van der Waals surface area contributed by atoms with E-state index in [1.54, 1.807) is 0 Å². The third kappa shape index (κ3) is 4.81. The molecule has 0 spiro atoms. The second-order valence-corrected chi connectivity index (χ2v) is 5.53. The van der Waals surface area contributed by atoms with Crippen molar-refractivity contribution < 1.29 is 4.74 Å². The van der Waals surface area contributed by atoms with E-state index in [9.17, 15) is 0 Å². The van der Waals surface area contributed by atoms with E-state index >= 15 is 0 Å². The topological polar surface area (TPSA) is 24.5 Å². The predicted octanol–water partition coefficient (Wildman–Crippen LogP) is 1.88. The van der Waals surface area contributed by atoms with Gasteiger partial charge in [0.1, 0.15) is 0 Å². The fraction of sp³-hybridized carbons (Fsp3) is 1.00. The zero-order valence-corrected chi connectivity index (χ0v) is 11.4. The molecule has 1 heterocycles. The molecule has 0 saturated carbocycles. The van der Waals surface area contributed by atoms with E-state index in [0.717, 1.165) is 39.3 Å². The molecule has 3 heteroatoms.